The number of hydroxylamine groups is 3. The Balaban J connectivity index is 1.86. The standard InChI is InChI=1S/C28H41NO8S/c1-15-9-8-10-21-23(36-21)12-22(16(2)11-20-14-38-19(5)29(20,35)18(4)30)37-25(32)13-24(31)28(6,7)27(34)17(3)26(15)33/h11,14-15,17,21-24,26,31,33H,5,8-10,12-13H2,1-4,6-7H3/t15-,17+,21+,22-,23+,24-,26-,29?/m1/s1. The van der Waals surface area contributed by atoms with Gasteiger partial charge in [0.15, 0.2) is 10.7 Å². The summed E-state index contributed by atoms with van der Waals surface area (Å²) < 4.78 is 10.3. The lowest BCUT2D eigenvalue weighted by Gasteiger charge is -2.35. The zero-order valence-corrected chi connectivity index (χ0v) is 24.0. The molecule has 3 heterocycles. The molecule has 1 unspecified atom stereocenters. The highest BCUT2D eigenvalue weighted by Gasteiger charge is 2.45. The van der Waals surface area contributed by atoms with Gasteiger partial charge in [-0.05, 0) is 49.6 Å². The van der Waals surface area contributed by atoms with Crippen LogP contribution in [-0.2, 0) is 23.9 Å². The number of hydrogen-bond acceptors (Lipinski definition) is 9. The first kappa shape index (κ1) is 30.7. The lowest BCUT2D eigenvalue weighted by atomic mass is 9.73. The SMILES string of the molecule is C=C1SC=C(C=C(C)[C@H]2C[C@@H]3O[C@H]3CCC[C@@H](C)[C@@H](O)[C@H](C)C(=O)C(C)(C)[C@H](O)CC(=O)O2)[N+]1([O-])C(C)=O. The predicted octanol–water partition coefficient (Wildman–Crippen LogP) is 4.09. The van der Waals surface area contributed by atoms with Gasteiger partial charge in [-0.2, -0.15) is 0 Å². The molecule has 38 heavy (non-hydrogen) atoms. The lowest BCUT2D eigenvalue weighted by Crippen LogP contribution is -2.45. The average molecular weight is 552 g/mol. The van der Waals surface area contributed by atoms with Crippen molar-refractivity contribution in [2.75, 3.05) is 0 Å². The average Bonchev–Trinajstić information content (AvgIpc) is 3.52. The monoisotopic (exact) mass is 551 g/mol. The summed E-state index contributed by atoms with van der Waals surface area (Å²) in [6, 6.07) is 0. The summed E-state index contributed by atoms with van der Waals surface area (Å²) in [5.74, 6) is -2.47. The molecule has 3 aliphatic rings. The van der Waals surface area contributed by atoms with E-state index in [1.54, 1.807) is 39.2 Å². The number of nitrogens with zero attached hydrogens (tertiary/aromatic N) is 1. The maximum absolute atomic E-state index is 13.2. The summed E-state index contributed by atoms with van der Waals surface area (Å²) in [5.41, 5.74) is -0.533. The molecule has 1 amide bonds. The van der Waals surface area contributed by atoms with Crippen molar-refractivity contribution < 1.29 is 38.7 Å². The van der Waals surface area contributed by atoms with Gasteiger partial charge in [0.25, 0.3) is 0 Å². The number of esters is 1. The van der Waals surface area contributed by atoms with Gasteiger partial charge >= 0.3 is 11.9 Å². The number of amides is 1. The van der Waals surface area contributed by atoms with Crippen LogP contribution in [0.1, 0.15) is 73.6 Å². The van der Waals surface area contributed by atoms with Gasteiger partial charge in [0.2, 0.25) is 0 Å². The number of epoxide rings is 1. The molecule has 3 aliphatic heterocycles. The number of hydrogen-bond donors (Lipinski definition) is 2. The topological polar surface area (TPSA) is 136 Å². The van der Waals surface area contributed by atoms with Gasteiger partial charge in [0.1, 0.15) is 11.9 Å². The van der Waals surface area contributed by atoms with Gasteiger partial charge in [-0.3, -0.25) is 9.59 Å². The highest BCUT2D eigenvalue weighted by molar-refractivity contribution is 8.05. The highest BCUT2D eigenvalue weighted by Crippen LogP contribution is 2.42. The van der Waals surface area contributed by atoms with Crippen LogP contribution in [0.3, 0.4) is 0 Å². The van der Waals surface area contributed by atoms with Gasteiger partial charge in [-0.1, -0.05) is 34.1 Å². The van der Waals surface area contributed by atoms with E-state index in [4.69, 9.17) is 9.47 Å². The minimum Gasteiger partial charge on any atom is -0.614 e. The van der Waals surface area contributed by atoms with Gasteiger partial charge in [0.05, 0.1) is 43.2 Å². The number of aliphatic hydroxyl groups is 2. The molecule has 0 aromatic heterocycles. The zero-order chi connectivity index (χ0) is 28.6. The lowest BCUT2D eigenvalue weighted by molar-refractivity contribution is -0.706. The fourth-order valence-corrected chi connectivity index (χ4v) is 6.09. The molecule has 8 atom stereocenters. The van der Waals surface area contributed by atoms with Crippen molar-refractivity contribution in [1.82, 2.24) is 0 Å². The Kier molecular flexibility index (Phi) is 9.49. The number of rotatable bonds is 2. The molecule has 10 heteroatoms. The molecular weight excluding hydrogens is 510 g/mol. The zero-order valence-electron chi connectivity index (χ0n) is 23.1. The molecule has 0 aromatic carbocycles. The van der Waals surface area contributed by atoms with E-state index in [2.05, 4.69) is 6.58 Å². The van der Waals surface area contributed by atoms with Crippen molar-refractivity contribution in [3.63, 3.8) is 0 Å². The second-order valence-electron chi connectivity index (χ2n) is 11.5. The molecule has 2 N–H and O–H groups in total. The molecule has 2 fully saturated rings. The van der Waals surface area contributed by atoms with Crippen LogP contribution in [-0.4, -0.2) is 63.0 Å². The fraction of sp³-hybridized carbons (Fsp3) is 0.679. The minimum atomic E-state index is -1.32. The summed E-state index contributed by atoms with van der Waals surface area (Å²) in [4.78, 5) is 38.4. The Hall–Kier alpha value is -1.82. The van der Waals surface area contributed by atoms with E-state index in [-0.39, 0.29) is 34.6 Å². The van der Waals surface area contributed by atoms with E-state index in [0.717, 1.165) is 31.0 Å². The van der Waals surface area contributed by atoms with Crippen LogP contribution in [0.4, 0.5) is 0 Å². The molecule has 0 aliphatic carbocycles. The number of thioether (sulfide) groups is 1. The normalized spacial score (nSPS) is 39.3. The van der Waals surface area contributed by atoms with Crippen molar-refractivity contribution in [2.24, 2.45) is 17.3 Å². The van der Waals surface area contributed by atoms with Crippen LogP contribution in [0.2, 0.25) is 0 Å². The fourth-order valence-electron chi connectivity index (χ4n) is 5.24. The third-order valence-electron chi connectivity index (χ3n) is 8.25. The van der Waals surface area contributed by atoms with E-state index < -0.39 is 52.6 Å². The first-order valence-electron chi connectivity index (χ1n) is 13.2. The minimum absolute atomic E-state index is 0.0162. The highest BCUT2D eigenvalue weighted by atomic mass is 32.2. The van der Waals surface area contributed by atoms with E-state index in [1.807, 2.05) is 6.92 Å². The number of cyclic esters (lactones) is 1. The van der Waals surface area contributed by atoms with Gasteiger partial charge in [-0.15, -0.1) is 0 Å². The van der Waals surface area contributed by atoms with Crippen LogP contribution in [0.5, 0.6) is 0 Å². The number of allylic oxidation sites excluding steroid dienone is 1. The van der Waals surface area contributed by atoms with Gasteiger partial charge < -0.3 is 24.9 Å². The van der Waals surface area contributed by atoms with E-state index in [0.29, 0.717) is 12.0 Å². The van der Waals surface area contributed by atoms with Crippen LogP contribution in [0, 0.1) is 22.5 Å². The van der Waals surface area contributed by atoms with E-state index in [1.165, 1.54) is 6.92 Å². The smallest absolute Gasteiger partial charge is 0.321 e. The predicted molar refractivity (Wildman–Crippen MR) is 144 cm³/mol. The number of Topliss-reactive ketones (excluding diaryl/α,β-unsaturated/α-hetero) is 1. The number of carbonyl (C=O) groups excluding carboxylic acids is 3. The maximum Gasteiger partial charge on any atom is 0.321 e. The van der Waals surface area contributed by atoms with E-state index >= 15 is 0 Å². The van der Waals surface area contributed by atoms with Gasteiger partial charge in [0, 0.05) is 23.8 Å². The Morgan fingerprint density at radius 2 is 1.87 bits per heavy atom. The van der Waals surface area contributed by atoms with Crippen molar-refractivity contribution in [2.45, 2.75) is 104 Å². The second-order valence-corrected chi connectivity index (χ2v) is 12.4. The molecule has 9 nitrogen and oxygen atoms in total. The van der Waals surface area contributed by atoms with Crippen LogP contribution < -0.4 is 0 Å². The van der Waals surface area contributed by atoms with Crippen molar-refractivity contribution in [3.05, 3.63) is 39.6 Å². The van der Waals surface area contributed by atoms with Crippen molar-refractivity contribution >= 4 is 29.4 Å². The quantitative estimate of drug-likeness (QED) is 0.225. The van der Waals surface area contributed by atoms with Crippen molar-refractivity contribution in [3.8, 4) is 0 Å². The summed E-state index contributed by atoms with van der Waals surface area (Å²) >= 11 is 1.09. The molecule has 212 valence electrons. The third kappa shape index (κ3) is 6.32. The third-order valence-corrected chi connectivity index (χ3v) is 9.14. The number of aliphatic hydroxyl groups excluding tert-OH is 2. The number of ketones is 1. The maximum atomic E-state index is 13.2. The number of fused-ring (bicyclic) bond motifs is 1. The molecule has 0 radical (unpaired) electrons. The molecule has 0 saturated carbocycles. The second kappa shape index (κ2) is 11.7. The van der Waals surface area contributed by atoms with Gasteiger partial charge in [-0.25, -0.2) is 9.44 Å². The Morgan fingerprint density at radius 3 is 2.50 bits per heavy atom. The molecule has 0 aromatic rings. The molecule has 3 rings (SSSR count). The van der Waals surface area contributed by atoms with E-state index in [9.17, 15) is 29.8 Å². The van der Waals surface area contributed by atoms with Crippen LogP contribution in [0.25, 0.3) is 0 Å². The summed E-state index contributed by atoms with van der Waals surface area (Å²) in [6.45, 7) is 13.4. The van der Waals surface area contributed by atoms with Crippen LogP contribution >= 0.6 is 11.8 Å². The van der Waals surface area contributed by atoms with Crippen LogP contribution in [0.15, 0.2) is 34.4 Å². The molecular formula is C28H41NO8S. The number of carbonyl (C=O) groups is 3. The molecule has 0 bridgehead atoms. The Labute approximate surface area is 229 Å². The molecule has 2 saturated heterocycles. The molecule has 0 spiro atoms. The number of ether oxygens (including phenoxy) is 2. The summed E-state index contributed by atoms with van der Waals surface area (Å²) in [6.07, 6.45) is 0.682. The largest absolute Gasteiger partial charge is 0.614 e. The first-order valence-corrected chi connectivity index (χ1v) is 14.1. The Morgan fingerprint density at radius 1 is 1.21 bits per heavy atom. The number of quaternary nitrogens is 1. The summed E-state index contributed by atoms with van der Waals surface area (Å²) in [5, 5.41) is 36.6. The Bertz CT molecular complexity index is 1040. The summed E-state index contributed by atoms with van der Waals surface area (Å²) in [7, 11) is 0. The van der Waals surface area contributed by atoms with Crippen molar-refractivity contribution in [1.29, 1.82) is 0 Å². The first-order chi connectivity index (χ1) is 17.6.